The quantitative estimate of drug-likeness (QED) is 0.192. The second-order valence-corrected chi connectivity index (χ2v) is 11.1. The number of nitrogens with zero attached hydrogens (tertiary/aromatic N) is 4. The van der Waals surface area contributed by atoms with E-state index in [1.807, 2.05) is 72.8 Å². The summed E-state index contributed by atoms with van der Waals surface area (Å²) in [5, 5.41) is 9.20. The van der Waals surface area contributed by atoms with E-state index in [-0.39, 0.29) is 43.6 Å². The first kappa shape index (κ1) is 32.1. The van der Waals surface area contributed by atoms with Gasteiger partial charge in [0.25, 0.3) is 0 Å². The van der Waals surface area contributed by atoms with E-state index in [0.717, 1.165) is 22.3 Å². The minimum absolute atomic E-state index is 0. The molecule has 0 amide bonds. The Morgan fingerprint density at radius 1 is 0.447 bits per heavy atom. The first-order valence-electron chi connectivity index (χ1n) is 15.5. The summed E-state index contributed by atoms with van der Waals surface area (Å²) < 4.78 is 22.6. The minimum atomic E-state index is 0. The normalized spacial score (nSPS) is 24.2. The third-order valence-electron chi connectivity index (χ3n) is 7.92. The van der Waals surface area contributed by atoms with Crippen LogP contribution in [0.2, 0.25) is 0 Å². The molecule has 0 N–H and O–H groups in total. The zero-order valence-corrected chi connectivity index (χ0v) is 28.9. The topological polar surface area (TPSA) is 89.8 Å². The third-order valence-corrected chi connectivity index (χ3v) is 7.92. The van der Waals surface area contributed by atoms with E-state index < -0.39 is 0 Å². The molecule has 0 radical (unpaired) electrons. The summed E-state index contributed by atoms with van der Waals surface area (Å²) in [4.78, 5) is 9.20. The van der Waals surface area contributed by atoms with E-state index in [1.165, 1.54) is 0 Å². The summed E-state index contributed by atoms with van der Waals surface area (Å²) in [6.45, 7) is 2.24. The van der Waals surface area contributed by atoms with Crippen molar-refractivity contribution in [1.82, 2.24) is 0 Å². The van der Waals surface area contributed by atoms with Crippen LogP contribution in [0.1, 0.15) is 46.4 Å². The second-order valence-electron chi connectivity index (χ2n) is 11.1. The summed E-state index contributed by atoms with van der Waals surface area (Å²) in [5.74, 6) is 2.36. The fourth-order valence-electron chi connectivity index (χ4n) is 5.48. The predicted octanol–water partition coefficient (Wildman–Crippen LogP) is 8.28. The van der Waals surface area contributed by atoms with Crippen LogP contribution >= 0.6 is 0 Å². The van der Waals surface area contributed by atoms with Crippen molar-refractivity contribution in [2.45, 2.75) is 24.2 Å². The van der Waals surface area contributed by atoms with Gasteiger partial charge in [0.15, 0.2) is 0 Å². The van der Waals surface area contributed by atoms with Crippen molar-refractivity contribution in [3.63, 3.8) is 0 Å². The molecule has 0 aromatic heterocycles. The van der Waals surface area contributed by atoms with E-state index in [1.54, 1.807) is 12.2 Å². The molecule has 4 atom stereocenters. The van der Waals surface area contributed by atoms with Crippen LogP contribution in [0.5, 0.6) is 0 Å². The summed E-state index contributed by atoms with van der Waals surface area (Å²) in [5.41, 5.74) is 4.64. The number of hydrogen-bond acceptors (Lipinski definition) is 6. The zero-order valence-electron chi connectivity index (χ0n) is 26.0. The number of ether oxygens (including phenoxy) is 4. The van der Waals surface area contributed by atoms with Crippen molar-refractivity contribution >= 4 is 11.8 Å². The molecule has 2 saturated heterocycles. The maximum atomic E-state index is 5.66. The summed E-state index contributed by atoms with van der Waals surface area (Å²) in [6, 6.07) is 40.8. The van der Waals surface area contributed by atoms with E-state index >= 15 is 0 Å². The standard InChI is InChI=1S/2C19H17N2O2.Zn/c2*1-3-7-14(8-4-1)16-12-22-18(20-16)11-19-21-17(13-23-19)15-9-5-2-6-10-15;/h2*1-11,16-17H,12-13H2;/q2*-1;+2/b2*18-11+;/t2*16-,17-;/m10./s1. The molecule has 0 bridgehead atoms. The monoisotopic (exact) mass is 674 g/mol. The maximum Gasteiger partial charge on any atom is 2.00 e. The molecule has 4 aliphatic rings. The number of hydrogen-bond donors (Lipinski definition) is 0. The van der Waals surface area contributed by atoms with E-state index in [4.69, 9.17) is 18.9 Å². The van der Waals surface area contributed by atoms with Crippen molar-refractivity contribution in [2.75, 3.05) is 26.4 Å². The molecular weight excluding hydrogens is 642 g/mol. The average molecular weight is 676 g/mol. The Hall–Kier alpha value is -4.88. The van der Waals surface area contributed by atoms with Gasteiger partial charge in [-0.2, -0.15) is 0 Å². The van der Waals surface area contributed by atoms with Crippen LogP contribution in [0.3, 0.4) is 0 Å². The van der Waals surface area contributed by atoms with Gasteiger partial charge in [-0.1, -0.05) is 145 Å². The van der Waals surface area contributed by atoms with Gasteiger partial charge in [-0.3, -0.25) is 0 Å². The first-order valence-corrected chi connectivity index (χ1v) is 15.5. The first-order chi connectivity index (χ1) is 22.8. The van der Waals surface area contributed by atoms with E-state index in [9.17, 15) is 0 Å². The Bertz CT molecular complexity index is 1590. The van der Waals surface area contributed by atoms with Crippen molar-refractivity contribution in [3.05, 3.63) is 178 Å². The minimum Gasteiger partial charge on any atom is -0.645 e. The largest absolute Gasteiger partial charge is 2.00 e. The van der Waals surface area contributed by atoms with Gasteiger partial charge in [-0.25, -0.2) is 9.98 Å². The molecule has 0 spiro atoms. The molecule has 9 heteroatoms. The number of rotatable bonds is 6. The Balaban J connectivity index is 0.000000161. The molecular formula is C38H34N4O4Zn. The molecule has 4 aromatic rings. The van der Waals surface area contributed by atoms with Gasteiger partial charge in [-0.05, 0) is 11.1 Å². The number of benzene rings is 4. The molecule has 4 aliphatic heterocycles. The van der Waals surface area contributed by atoms with Crippen LogP contribution in [0, 0.1) is 0 Å². The molecule has 4 heterocycles. The van der Waals surface area contributed by atoms with Gasteiger partial charge in [0.1, 0.15) is 25.3 Å². The maximum absolute atomic E-state index is 5.66. The van der Waals surface area contributed by atoms with Gasteiger partial charge in [-0.15, -0.1) is 0 Å². The fraction of sp³-hybridized carbons (Fsp3) is 0.211. The van der Waals surface area contributed by atoms with Crippen molar-refractivity contribution in [1.29, 1.82) is 0 Å². The molecule has 232 valence electrons. The molecule has 4 aromatic carbocycles. The smallest absolute Gasteiger partial charge is 0.645 e. The summed E-state index contributed by atoms with van der Waals surface area (Å²) in [6.07, 6.45) is 3.57. The number of aliphatic imine (C=N–C) groups is 2. The predicted molar refractivity (Wildman–Crippen MR) is 178 cm³/mol. The second kappa shape index (κ2) is 15.6. The van der Waals surface area contributed by atoms with Gasteiger partial charge >= 0.3 is 19.5 Å². The molecule has 8 nitrogen and oxygen atoms in total. The Kier molecular flexibility index (Phi) is 10.7. The Labute approximate surface area is 288 Å². The van der Waals surface area contributed by atoms with Crippen LogP contribution in [0.15, 0.2) is 155 Å². The van der Waals surface area contributed by atoms with Crippen LogP contribution in [-0.4, -0.2) is 38.2 Å². The van der Waals surface area contributed by atoms with Crippen molar-refractivity contribution in [3.8, 4) is 0 Å². The molecule has 2 fully saturated rings. The fourth-order valence-corrected chi connectivity index (χ4v) is 5.48. The van der Waals surface area contributed by atoms with Crippen LogP contribution < -0.4 is 0 Å². The van der Waals surface area contributed by atoms with Crippen molar-refractivity contribution < 1.29 is 38.4 Å². The molecule has 0 saturated carbocycles. The Morgan fingerprint density at radius 3 is 1.15 bits per heavy atom. The van der Waals surface area contributed by atoms with Gasteiger partial charge < -0.3 is 29.6 Å². The zero-order chi connectivity index (χ0) is 31.0. The molecule has 47 heavy (non-hydrogen) atoms. The average Bonchev–Trinajstić information content (AvgIpc) is 3.96. The molecule has 8 rings (SSSR count). The molecule has 0 aliphatic carbocycles. The van der Waals surface area contributed by atoms with E-state index in [2.05, 4.69) is 69.1 Å². The Morgan fingerprint density at radius 2 is 0.787 bits per heavy atom. The van der Waals surface area contributed by atoms with E-state index in [0.29, 0.717) is 50.0 Å². The van der Waals surface area contributed by atoms with Gasteiger partial charge in [0.05, 0.1) is 13.2 Å². The molecule has 0 unspecified atom stereocenters. The van der Waals surface area contributed by atoms with Crippen LogP contribution in [0.25, 0.3) is 10.6 Å². The summed E-state index contributed by atoms with van der Waals surface area (Å²) >= 11 is 0. The van der Waals surface area contributed by atoms with Crippen LogP contribution in [0.4, 0.5) is 0 Å². The summed E-state index contributed by atoms with van der Waals surface area (Å²) in [7, 11) is 0. The van der Waals surface area contributed by atoms with Gasteiger partial charge in [0.2, 0.25) is 11.8 Å². The SMILES string of the molecule is C(/C1=N[C@@H](c2ccccc2)CO1)=C1/[N-][C@@H](c2ccccc2)CO1.C(/C1=N[C@H](c2ccccc2)CO1)=C1/[N-][C@H](c2ccccc2)CO1.[Zn+2]. The third kappa shape index (κ3) is 8.29. The van der Waals surface area contributed by atoms with Gasteiger partial charge in [0, 0.05) is 23.9 Å². The van der Waals surface area contributed by atoms with Crippen molar-refractivity contribution in [2.24, 2.45) is 9.98 Å². The van der Waals surface area contributed by atoms with Crippen LogP contribution in [-0.2, 0) is 38.4 Å².